The van der Waals surface area contributed by atoms with E-state index in [0.717, 1.165) is 19.5 Å². The molecule has 2 aromatic rings. The van der Waals surface area contributed by atoms with E-state index in [1.807, 2.05) is 0 Å². The average molecular weight is 442 g/mol. The van der Waals surface area contributed by atoms with Crippen molar-refractivity contribution in [1.82, 2.24) is 0 Å². The number of likely N-dealkylation sites (N-methyl/N-ethyl adjacent to an activating group) is 1. The third kappa shape index (κ3) is 4.00. The standard InChI is InChI=1S/C30H37N2O/c1-6-31-25-17-12-10-15-23(25)29(2,3)27(31)19-8-7-9-20-28-30(4,5)24-16-11-13-18-26(24)32(28)21-14-22-33/h7-13,15-20,33H,6,14,21-22H2,1-5H3/q+1. The van der Waals surface area contributed by atoms with Gasteiger partial charge < -0.3 is 10.0 Å². The summed E-state index contributed by atoms with van der Waals surface area (Å²) in [6.07, 6.45) is 11.7. The Morgan fingerprint density at radius 1 is 0.879 bits per heavy atom. The van der Waals surface area contributed by atoms with Crippen LogP contribution in [-0.4, -0.2) is 35.1 Å². The third-order valence-electron chi connectivity index (χ3n) is 7.19. The molecule has 4 rings (SSSR count). The highest BCUT2D eigenvalue weighted by atomic mass is 16.3. The Kier molecular flexibility index (Phi) is 6.45. The zero-order valence-electron chi connectivity index (χ0n) is 20.7. The summed E-state index contributed by atoms with van der Waals surface area (Å²) in [7, 11) is 0. The summed E-state index contributed by atoms with van der Waals surface area (Å²) < 4.78 is 2.36. The fourth-order valence-corrected chi connectivity index (χ4v) is 5.45. The molecule has 1 N–H and O–H groups in total. The number of para-hydroxylation sites is 2. The first-order chi connectivity index (χ1) is 15.8. The van der Waals surface area contributed by atoms with Crippen LogP contribution in [0.5, 0.6) is 0 Å². The first-order valence-electron chi connectivity index (χ1n) is 12.1. The maximum absolute atomic E-state index is 9.41. The molecule has 0 saturated carbocycles. The van der Waals surface area contributed by atoms with E-state index >= 15 is 0 Å². The number of anilines is 1. The fourth-order valence-electron chi connectivity index (χ4n) is 5.45. The number of aliphatic hydroxyl groups is 1. The number of rotatable bonds is 7. The smallest absolute Gasteiger partial charge is 0.209 e. The first kappa shape index (κ1) is 23.3. The van der Waals surface area contributed by atoms with Gasteiger partial charge in [-0.3, -0.25) is 0 Å². The summed E-state index contributed by atoms with van der Waals surface area (Å²) in [6.45, 7) is 13.4. The minimum Gasteiger partial charge on any atom is -0.396 e. The predicted octanol–water partition coefficient (Wildman–Crippen LogP) is 6.26. The molecule has 2 aliphatic heterocycles. The van der Waals surface area contributed by atoms with Crippen LogP contribution < -0.4 is 4.90 Å². The Labute approximate surface area is 199 Å². The number of benzene rings is 2. The van der Waals surface area contributed by atoms with E-state index in [4.69, 9.17) is 0 Å². The van der Waals surface area contributed by atoms with E-state index in [2.05, 4.69) is 123 Å². The third-order valence-corrected chi connectivity index (χ3v) is 7.19. The van der Waals surface area contributed by atoms with Crippen molar-refractivity contribution in [2.45, 2.75) is 51.9 Å². The van der Waals surface area contributed by atoms with Crippen molar-refractivity contribution in [3.8, 4) is 0 Å². The summed E-state index contributed by atoms with van der Waals surface area (Å²) in [5.74, 6) is 0. The largest absolute Gasteiger partial charge is 0.396 e. The zero-order valence-corrected chi connectivity index (χ0v) is 20.7. The molecule has 0 atom stereocenters. The van der Waals surface area contributed by atoms with Gasteiger partial charge in [-0.15, -0.1) is 0 Å². The molecule has 2 aromatic carbocycles. The molecule has 0 saturated heterocycles. The Morgan fingerprint density at radius 2 is 1.58 bits per heavy atom. The van der Waals surface area contributed by atoms with Crippen LogP contribution in [0.3, 0.4) is 0 Å². The number of fused-ring (bicyclic) bond motifs is 2. The monoisotopic (exact) mass is 441 g/mol. The molecule has 0 spiro atoms. The molecule has 33 heavy (non-hydrogen) atoms. The first-order valence-corrected chi connectivity index (χ1v) is 12.1. The minimum atomic E-state index is -0.0665. The highest BCUT2D eigenvalue weighted by molar-refractivity contribution is 6.03. The van der Waals surface area contributed by atoms with Gasteiger partial charge in [0.2, 0.25) is 5.69 Å². The summed E-state index contributed by atoms with van der Waals surface area (Å²) in [6, 6.07) is 17.4. The van der Waals surface area contributed by atoms with Crippen molar-refractivity contribution in [2.24, 2.45) is 0 Å². The normalized spacial score (nSPS) is 19.8. The van der Waals surface area contributed by atoms with E-state index < -0.39 is 0 Å². The molecule has 0 unspecified atom stereocenters. The molecule has 2 heterocycles. The molecule has 0 radical (unpaired) electrons. The van der Waals surface area contributed by atoms with E-state index in [9.17, 15) is 5.11 Å². The number of allylic oxidation sites excluding steroid dienone is 6. The topological polar surface area (TPSA) is 26.5 Å². The van der Waals surface area contributed by atoms with Crippen LogP contribution >= 0.6 is 0 Å². The van der Waals surface area contributed by atoms with Crippen molar-refractivity contribution in [1.29, 1.82) is 0 Å². The molecular weight excluding hydrogens is 404 g/mol. The molecule has 0 amide bonds. The molecule has 2 aliphatic rings. The molecular formula is C30H37N2O+. The van der Waals surface area contributed by atoms with E-state index in [1.165, 1.54) is 33.9 Å². The lowest BCUT2D eigenvalue weighted by Gasteiger charge is -2.25. The predicted molar refractivity (Wildman–Crippen MR) is 140 cm³/mol. The SMILES string of the molecule is CCN1/C(=C/C=C\C=C\C2=[N+](CCCO)c3ccccc3C2(C)C)C(C)(C)c2ccccc21. The number of nitrogens with zero attached hydrogens (tertiary/aromatic N) is 2. The van der Waals surface area contributed by atoms with Crippen LogP contribution in [-0.2, 0) is 10.8 Å². The van der Waals surface area contributed by atoms with Gasteiger partial charge in [0.25, 0.3) is 0 Å². The van der Waals surface area contributed by atoms with Gasteiger partial charge in [0, 0.05) is 54.1 Å². The summed E-state index contributed by atoms with van der Waals surface area (Å²) in [4.78, 5) is 2.42. The number of aliphatic hydroxyl groups excluding tert-OH is 1. The quantitative estimate of drug-likeness (QED) is 0.405. The van der Waals surface area contributed by atoms with Gasteiger partial charge in [-0.05, 0) is 38.5 Å². The lowest BCUT2D eigenvalue weighted by molar-refractivity contribution is -0.438. The van der Waals surface area contributed by atoms with Crippen LogP contribution in [0.15, 0.2) is 84.6 Å². The molecule has 0 bridgehead atoms. The summed E-state index contributed by atoms with van der Waals surface area (Å²) in [5, 5.41) is 9.41. The zero-order chi connectivity index (χ0) is 23.6. The lowest BCUT2D eigenvalue weighted by atomic mass is 9.81. The number of hydrogen-bond donors (Lipinski definition) is 1. The highest BCUT2D eigenvalue weighted by Crippen LogP contribution is 2.47. The molecule has 172 valence electrons. The maximum atomic E-state index is 9.41. The van der Waals surface area contributed by atoms with E-state index in [-0.39, 0.29) is 17.4 Å². The molecule has 3 heteroatoms. The van der Waals surface area contributed by atoms with Gasteiger partial charge in [-0.1, -0.05) is 68.5 Å². The molecule has 0 aliphatic carbocycles. The minimum absolute atomic E-state index is 0.00834. The highest BCUT2D eigenvalue weighted by Gasteiger charge is 2.43. The Balaban J connectivity index is 1.61. The summed E-state index contributed by atoms with van der Waals surface area (Å²) >= 11 is 0. The molecule has 3 nitrogen and oxygen atoms in total. The Morgan fingerprint density at radius 3 is 2.30 bits per heavy atom. The van der Waals surface area contributed by atoms with Crippen LogP contribution in [0.25, 0.3) is 0 Å². The van der Waals surface area contributed by atoms with Crippen LogP contribution in [0.1, 0.15) is 52.2 Å². The summed E-state index contributed by atoms with van der Waals surface area (Å²) in [5.41, 5.74) is 7.85. The van der Waals surface area contributed by atoms with Crippen LogP contribution in [0.4, 0.5) is 11.4 Å². The van der Waals surface area contributed by atoms with Gasteiger partial charge in [0.1, 0.15) is 0 Å². The molecule has 0 fully saturated rings. The second-order valence-electron chi connectivity index (χ2n) is 9.94. The van der Waals surface area contributed by atoms with Gasteiger partial charge in [-0.2, -0.15) is 4.58 Å². The second kappa shape index (κ2) is 9.15. The van der Waals surface area contributed by atoms with Gasteiger partial charge in [0.15, 0.2) is 12.3 Å². The van der Waals surface area contributed by atoms with Crippen molar-refractivity contribution in [3.05, 3.63) is 95.7 Å². The van der Waals surface area contributed by atoms with Crippen LogP contribution in [0.2, 0.25) is 0 Å². The van der Waals surface area contributed by atoms with Crippen LogP contribution in [0, 0.1) is 0 Å². The van der Waals surface area contributed by atoms with Crippen molar-refractivity contribution < 1.29 is 9.68 Å². The van der Waals surface area contributed by atoms with E-state index in [0.29, 0.717) is 0 Å². The number of hydrogen-bond acceptors (Lipinski definition) is 2. The van der Waals surface area contributed by atoms with Crippen molar-refractivity contribution in [2.75, 3.05) is 24.6 Å². The lowest BCUT2D eigenvalue weighted by Crippen LogP contribution is -2.28. The maximum Gasteiger partial charge on any atom is 0.209 e. The van der Waals surface area contributed by atoms with Gasteiger partial charge in [-0.25, -0.2) is 0 Å². The average Bonchev–Trinajstić information content (AvgIpc) is 3.16. The fraction of sp³-hybridized carbons (Fsp3) is 0.367. The Bertz CT molecular complexity index is 1150. The van der Waals surface area contributed by atoms with Gasteiger partial charge in [0.05, 0.1) is 5.41 Å². The Hall–Kier alpha value is -2.91. The van der Waals surface area contributed by atoms with E-state index in [1.54, 1.807) is 0 Å². The van der Waals surface area contributed by atoms with Crippen molar-refractivity contribution in [3.63, 3.8) is 0 Å². The second-order valence-corrected chi connectivity index (χ2v) is 9.94. The molecule has 0 aromatic heterocycles. The van der Waals surface area contributed by atoms with Crippen molar-refractivity contribution >= 4 is 17.1 Å². The van der Waals surface area contributed by atoms with Gasteiger partial charge >= 0.3 is 0 Å².